The van der Waals surface area contributed by atoms with Crippen LogP contribution in [0.1, 0.15) is 72.8 Å². The molecule has 4 rings (SSSR count). The average Bonchev–Trinajstić information content (AvgIpc) is 3.33. The highest BCUT2D eigenvalue weighted by atomic mass is 16.6. The molecule has 1 aromatic rings. The van der Waals surface area contributed by atoms with Crippen LogP contribution in [-0.2, 0) is 20.7 Å². The Morgan fingerprint density at radius 1 is 1.07 bits per heavy atom. The maximum atomic E-state index is 11.7. The molecule has 0 aromatic heterocycles. The number of hydrogen-bond donors (Lipinski definition) is 0. The molecule has 164 valence electrons. The van der Waals surface area contributed by atoms with Gasteiger partial charge in [0.2, 0.25) is 0 Å². The van der Waals surface area contributed by atoms with Gasteiger partial charge in [-0.15, -0.1) is 0 Å². The minimum absolute atomic E-state index is 0.0182. The molecule has 2 saturated carbocycles. The highest BCUT2D eigenvalue weighted by Crippen LogP contribution is 2.70. The average molecular weight is 415 g/mol. The summed E-state index contributed by atoms with van der Waals surface area (Å²) >= 11 is 0. The van der Waals surface area contributed by atoms with Crippen LogP contribution in [0.25, 0.3) is 0 Å². The van der Waals surface area contributed by atoms with Crippen LogP contribution in [-0.4, -0.2) is 23.6 Å². The molecule has 0 N–H and O–H groups in total. The van der Waals surface area contributed by atoms with E-state index in [0.29, 0.717) is 29.4 Å². The lowest BCUT2D eigenvalue weighted by Crippen LogP contribution is -2.56. The van der Waals surface area contributed by atoms with Crippen LogP contribution >= 0.6 is 0 Å². The van der Waals surface area contributed by atoms with Crippen molar-refractivity contribution >= 4 is 11.9 Å². The van der Waals surface area contributed by atoms with Gasteiger partial charge in [0.25, 0.3) is 0 Å². The van der Waals surface area contributed by atoms with Crippen LogP contribution in [0.5, 0.6) is 11.5 Å². The van der Waals surface area contributed by atoms with E-state index in [1.54, 1.807) is 12.1 Å². The van der Waals surface area contributed by atoms with E-state index < -0.39 is 0 Å². The third-order valence-electron chi connectivity index (χ3n) is 8.70. The predicted octanol–water partition coefficient (Wildman–Crippen LogP) is 5.09. The van der Waals surface area contributed by atoms with E-state index in [0.717, 1.165) is 31.2 Å². The minimum Gasteiger partial charge on any atom is -0.427 e. The van der Waals surface area contributed by atoms with Crippen LogP contribution < -0.4 is 9.47 Å². The minimum atomic E-state index is -0.358. The van der Waals surface area contributed by atoms with Gasteiger partial charge < -0.3 is 14.2 Å². The first kappa shape index (κ1) is 21.4. The molecule has 5 heteroatoms. The van der Waals surface area contributed by atoms with Crippen molar-refractivity contribution < 1.29 is 23.8 Å². The SMILES string of the molecule is CC(=O)Oc1ccc(OC(C)=O)c(CC2(C)C(C)CCC3(C)C2CCC2OC23C)c1. The third kappa shape index (κ3) is 3.26. The summed E-state index contributed by atoms with van der Waals surface area (Å²) in [5.74, 6) is 1.38. The van der Waals surface area contributed by atoms with Crippen molar-refractivity contribution in [1.29, 1.82) is 0 Å². The molecule has 1 aromatic carbocycles. The first-order chi connectivity index (χ1) is 14.0. The number of carbonyl (C=O) groups excluding carboxylic acids is 2. The number of benzene rings is 1. The number of ether oxygens (including phenoxy) is 3. The van der Waals surface area contributed by atoms with Gasteiger partial charge in [-0.2, -0.15) is 0 Å². The summed E-state index contributed by atoms with van der Waals surface area (Å²) in [6.45, 7) is 12.3. The standard InChI is InChI=1S/C25H34O5/c1-15-11-12-24(5)21(9-10-22-25(24,6)30-22)23(15,4)14-18-13-19(28-16(2)26)7-8-20(18)29-17(3)27/h7-8,13,15,21-22H,9-12,14H2,1-6H3. The monoisotopic (exact) mass is 414 g/mol. The van der Waals surface area contributed by atoms with E-state index >= 15 is 0 Å². The van der Waals surface area contributed by atoms with Gasteiger partial charge in [0.1, 0.15) is 11.5 Å². The van der Waals surface area contributed by atoms with E-state index in [4.69, 9.17) is 14.2 Å². The Balaban J connectivity index is 1.72. The topological polar surface area (TPSA) is 65.1 Å². The second-order valence-corrected chi connectivity index (χ2v) is 10.3. The number of rotatable bonds is 4. The summed E-state index contributed by atoms with van der Waals surface area (Å²) in [5.41, 5.74) is 1.07. The summed E-state index contributed by atoms with van der Waals surface area (Å²) in [6, 6.07) is 5.29. The van der Waals surface area contributed by atoms with Crippen molar-refractivity contribution in [3.05, 3.63) is 23.8 Å². The Hall–Kier alpha value is -1.88. The number of hydrogen-bond acceptors (Lipinski definition) is 5. The molecule has 6 unspecified atom stereocenters. The van der Waals surface area contributed by atoms with Crippen molar-refractivity contribution in [2.45, 2.75) is 85.4 Å². The molecule has 0 bridgehead atoms. The Morgan fingerprint density at radius 2 is 1.77 bits per heavy atom. The number of carbonyl (C=O) groups is 2. The van der Waals surface area contributed by atoms with Crippen molar-refractivity contribution in [3.63, 3.8) is 0 Å². The molecule has 1 aliphatic heterocycles. The number of fused-ring (bicyclic) bond motifs is 3. The fourth-order valence-electron chi connectivity index (χ4n) is 6.64. The number of esters is 2. The van der Waals surface area contributed by atoms with E-state index in [-0.39, 0.29) is 28.4 Å². The van der Waals surface area contributed by atoms with Crippen LogP contribution in [0, 0.1) is 22.7 Å². The van der Waals surface area contributed by atoms with Crippen LogP contribution in [0.15, 0.2) is 18.2 Å². The fraction of sp³-hybridized carbons (Fsp3) is 0.680. The molecule has 0 amide bonds. The second-order valence-electron chi connectivity index (χ2n) is 10.3. The van der Waals surface area contributed by atoms with Crippen LogP contribution in [0.4, 0.5) is 0 Å². The molecule has 1 heterocycles. The van der Waals surface area contributed by atoms with Crippen molar-refractivity contribution in [2.24, 2.45) is 22.7 Å². The smallest absolute Gasteiger partial charge is 0.308 e. The highest BCUT2D eigenvalue weighted by Gasteiger charge is 2.71. The zero-order chi connectivity index (χ0) is 21.9. The predicted molar refractivity (Wildman–Crippen MR) is 113 cm³/mol. The van der Waals surface area contributed by atoms with Crippen LogP contribution in [0.2, 0.25) is 0 Å². The van der Waals surface area contributed by atoms with E-state index in [1.807, 2.05) is 6.07 Å². The highest BCUT2D eigenvalue weighted by molar-refractivity contribution is 5.71. The van der Waals surface area contributed by atoms with Crippen molar-refractivity contribution in [3.8, 4) is 11.5 Å². The van der Waals surface area contributed by atoms with Gasteiger partial charge >= 0.3 is 11.9 Å². The van der Waals surface area contributed by atoms with E-state index in [1.165, 1.54) is 20.3 Å². The summed E-state index contributed by atoms with van der Waals surface area (Å²) < 4.78 is 17.1. The lowest BCUT2D eigenvalue weighted by Gasteiger charge is -2.59. The molecule has 3 fully saturated rings. The van der Waals surface area contributed by atoms with Crippen LogP contribution in [0.3, 0.4) is 0 Å². The molecule has 0 spiro atoms. The summed E-state index contributed by atoms with van der Waals surface area (Å²) in [4.78, 5) is 23.2. The molecule has 0 radical (unpaired) electrons. The normalized spacial score (nSPS) is 39.5. The Bertz CT molecular complexity index is 878. The van der Waals surface area contributed by atoms with Gasteiger partial charge in [-0.1, -0.05) is 20.8 Å². The Morgan fingerprint density at radius 3 is 2.43 bits per heavy atom. The molecule has 6 atom stereocenters. The van der Waals surface area contributed by atoms with E-state index in [9.17, 15) is 9.59 Å². The number of epoxide rings is 1. The summed E-state index contributed by atoms with van der Waals surface area (Å²) in [7, 11) is 0. The zero-order valence-electron chi connectivity index (χ0n) is 19.0. The third-order valence-corrected chi connectivity index (χ3v) is 8.70. The summed E-state index contributed by atoms with van der Waals surface area (Å²) in [6.07, 6.45) is 5.79. The summed E-state index contributed by atoms with van der Waals surface area (Å²) in [5, 5.41) is 0. The molecule has 2 aliphatic carbocycles. The van der Waals surface area contributed by atoms with Crippen molar-refractivity contribution in [1.82, 2.24) is 0 Å². The second kappa shape index (κ2) is 7.08. The van der Waals surface area contributed by atoms with Gasteiger partial charge in [-0.25, -0.2) is 0 Å². The molecule has 30 heavy (non-hydrogen) atoms. The molecular weight excluding hydrogens is 380 g/mol. The van der Waals surface area contributed by atoms with Crippen molar-refractivity contribution in [2.75, 3.05) is 0 Å². The molecule has 5 nitrogen and oxygen atoms in total. The molecule has 3 aliphatic rings. The van der Waals surface area contributed by atoms with Gasteiger partial charge in [-0.05, 0) is 80.0 Å². The molecule has 1 saturated heterocycles. The lowest BCUT2D eigenvalue weighted by atomic mass is 9.44. The largest absolute Gasteiger partial charge is 0.427 e. The van der Waals surface area contributed by atoms with Gasteiger partial charge in [0.15, 0.2) is 0 Å². The first-order valence-corrected chi connectivity index (χ1v) is 11.2. The van der Waals surface area contributed by atoms with Gasteiger partial charge in [-0.3, -0.25) is 9.59 Å². The Labute approximate surface area is 179 Å². The quantitative estimate of drug-likeness (QED) is 0.390. The van der Waals surface area contributed by atoms with Gasteiger partial charge in [0.05, 0.1) is 11.7 Å². The molecular formula is C25H34O5. The van der Waals surface area contributed by atoms with E-state index in [2.05, 4.69) is 27.7 Å². The maximum Gasteiger partial charge on any atom is 0.308 e. The zero-order valence-corrected chi connectivity index (χ0v) is 19.0. The van der Waals surface area contributed by atoms with Gasteiger partial charge in [0, 0.05) is 19.3 Å². The maximum absolute atomic E-state index is 11.7. The Kier molecular flexibility index (Phi) is 5.04. The lowest BCUT2D eigenvalue weighted by molar-refractivity contribution is -0.133. The first-order valence-electron chi connectivity index (χ1n) is 11.2. The fourth-order valence-corrected chi connectivity index (χ4v) is 6.64.